The van der Waals surface area contributed by atoms with Gasteiger partial charge in [-0.05, 0) is 33.8 Å². The van der Waals surface area contributed by atoms with Crippen LogP contribution in [0.3, 0.4) is 0 Å². The van der Waals surface area contributed by atoms with Gasteiger partial charge < -0.3 is 15.5 Å². The first kappa shape index (κ1) is 19.6. The number of likely N-dealkylation sites (N-methyl/N-ethyl adjacent to an activating group) is 1. The highest BCUT2D eigenvalue weighted by molar-refractivity contribution is 5.91. The van der Waals surface area contributed by atoms with E-state index in [0.29, 0.717) is 12.2 Å². The molecule has 1 unspecified atom stereocenters. The first-order chi connectivity index (χ1) is 11.1. The Balaban J connectivity index is 2.60. The fraction of sp³-hybridized carbons (Fsp3) is 0.500. The van der Waals surface area contributed by atoms with E-state index in [2.05, 4.69) is 10.6 Å². The van der Waals surface area contributed by atoms with E-state index in [4.69, 9.17) is 0 Å². The van der Waals surface area contributed by atoms with Crippen LogP contribution in [0.2, 0.25) is 0 Å². The van der Waals surface area contributed by atoms with Crippen molar-refractivity contribution in [2.45, 2.75) is 33.2 Å². The summed E-state index contributed by atoms with van der Waals surface area (Å²) in [7, 11) is 0. The van der Waals surface area contributed by atoms with Crippen LogP contribution in [-0.4, -0.2) is 41.9 Å². The van der Waals surface area contributed by atoms with E-state index in [1.807, 2.05) is 27.7 Å². The topological polar surface area (TPSA) is 106 Å². The number of nitro benzene ring substituents is 1. The lowest BCUT2D eigenvalue weighted by Gasteiger charge is -2.23. The molecule has 1 aromatic rings. The molecule has 0 fully saturated rings. The SMILES string of the molecule is CC[NH+](CC(=O)Nc1cccc([N+](=O)[O-])c1)CC(=O)NC(C)(C)C. The summed E-state index contributed by atoms with van der Waals surface area (Å²) in [6.07, 6.45) is 0. The second-order valence-corrected chi connectivity index (χ2v) is 6.61. The smallest absolute Gasteiger partial charge is 0.279 e. The van der Waals surface area contributed by atoms with Crippen molar-refractivity contribution >= 4 is 23.2 Å². The van der Waals surface area contributed by atoms with E-state index in [0.717, 1.165) is 4.90 Å². The molecule has 1 aromatic carbocycles. The molecule has 0 aliphatic heterocycles. The van der Waals surface area contributed by atoms with Crippen LogP contribution in [0.25, 0.3) is 0 Å². The summed E-state index contributed by atoms with van der Waals surface area (Å²) < 4.78 is 0. The number of rotatable bonds is 7. The van der Waals surface area contributed by atoms with Gasteiger partial charge in [-0.3, -0.25) is 19.7 Å². The number of carbonyl (C=O) groups is 2. The fourth-order valence-corrected chi connectivity index (χ4v) is 2.13. The zero-order chi connectivity index (χ0) is 18.3. The lowest BCUT2D eigenvalue weighted by atomic mass is 10.1. The Morgan fingerprint density at radius 1 is 1.21 bits per heavy atom. The number of nitrogens with zero attached hydrogens (tertiary/aromatic N) is 1. The predicted octanol–water partition coefficient (Wildman–Crippen LogP) is 0.353. The fourth-order valence-electron chi connectivity index (χ4n) is 2.13. The summed E-state index contributed by atoms with van der Waals surface area (Å²) >= 11 is 0. The third-order valence-electron chi connectivity index (χ3n) is 3.18. The van der Waals surface area contributed by atoms with Crippen LogP contribution < -0.4 is 15.5 Å². The van der Waals surface area contributed by atoms with E-state index in [1.54, 1.807) is 6.07 Å². The summed E-state index contributed by atoms with van der Waals surface area (Å²) in [6, 6.07) is 5.75. The van der Waals surface area contributed by atoms with Gasteiger partial charge in [0.25, 0.3) is 17.5 Å². The average Bonchev–Trinajstić information content (AvgIpc) is 2.44. The van der Waals surface area contributed by atoms with Crippen LogP contribution in [0.15, 0.2) is 24.3 Å². The van der Waals surface area contributed by atoms with Gasteiger partial charge in [-0.1, -0.05) is 6.07 Å². The van der Waals surface area contributed by atoms with Gasteiger partial charge in [-0.25, -0.2) is 0 Å². The molecule has 1 rings (SSSR count). The van der Waals surface area contributed by atoms with Gasteiger partial charge in [0.2, 0.25) is 0 Å². The van der Waals surface area contributed by atoms with Crippen molar-refractivity contribution in [3.05, 3.63) is 34.4 Å². The van der Waals surface area contributed by atoms with Crippen LogP contribution >= 0.6 is 0 Å². The number of benzene rings is 1. The van der Waals surface area contributed by atoms with Crippen molar-refractivity contribution in [1.82, 2.24) is 5.32 Å². The molecule has 0 spiro atoms. The van der Waals surface area contributed by atoms with Gasteiger partial charge in [-0.2, -0.15) is 0 Å². The molecule has 2 amide bonds. The molecule has 0 radical (unpaired) electrons. The highest BCUT2D eigenvalue weighted by Crippen LogP contribution is 2.16. The molecule has 132 valence electrons. The Morgan fingerprint density at radius 2 is 1.83 bits per heavy atom. The molecule has 3 N–H and O–H groups in total. The number of non-ortho nitro benzene ring substituents is 1. The molecule has 8 nitrogen and oxygen atoms in total. The quantitative estimate of drug-likeness (QED) is 0.493. The average molecular weight is 337 g/mol. The Labute approximate surface area is 141 Å². The van der Waals surface area contributed by atoms with Gasteiger partial charge in [0.05, 0.1) is 11.5 Å². The summed E-state index contributed by atoms with van der Waals surface area (Å²) in [4.78, 5) is 35.1. The minimum absolute atomic E-state index is 0.0861. The third kappa shape index (κ3) is 7.19. The van der Waals surface area contributed by atoms with Crippen LogP contribution in [0.5, 0.6) is 0 Å². The normalized spacial score (nSPS) is 12.3. The lowest BCUT2D eigenvalue weighted by molar-refractivity contribution is -0.881. The zero-order valence-electron chi connectivity index (χ0n) is 14.5. The number of nitro groups is 1. The monoisotopic (exact) mass is 337 g/mol. The third-order valence-corrected chi connectivity index (χ3v) is 3.18. The van der Waals surface area contributed by atoms with E-state index >= 15 is 0 Å². The van der Waals surface area contributed by atoms with Crippen LogP contribution in [0.1, 0.15) is 27.7 Å². The molecule has 0 bridgehead atoms. The molecular weight excluding hydrogens is 312 g/mol. The maximum Gasteiger partial charge on any atom is 0.279 e. The van der Waals surface area contributed by atoms with Gasteiger partial charge in [0.1, 0.15) is 0 Å². The predicted molar refractivity (Wildman–Crippen MR) is 90.9 cm³/mol. The summed E-state index contributed by atoms with van der Waals surface area (Å²) in [6.45, 7) is 8.48. The second-order valence-electron chi connectivity index (χ2n) is 6.61. The Kier molecular flexibility index (Phi) is 6.84. The molecule has 1 atom stereocenters. The van der Waals surface area contributed by atoms with Crippen molar-refractivity contribution in [2.75, 3.05) is 25.0 Å². The molecule has 8 heteroatoms. The molecule has 24 heavy (non-hydrogen) atoms. The Hall–Kier alpha value is -2.48. The number of quaternary nitrogens is 1. The van der Waals surface area contributed by atoms with Crippen LogP contribution in [0, 0.1) is 10.1 Å². The Morgan fingerprint density at radius 3 is 2.38 bits per heavy atom. The molecule has 0 heterocycles. The molecule has 0 aliphatic rings. The largest absolute Gasteiger partial charge is 0.347 e. The highest BCUT2D eigenvalue weighted by Gasteiger charge is 2.20. The molecule has 0 saturated heterocycles. The lowest BCUT2D eigenvalue weighted by Crippen LogP contribution is -3.14. The molecule has 0 aliphatic carbocycles. The van der Waals surface area contributed by atoms with Crippen molar-refractivity contribution in [1.29, 1.82) is 0 Å². The minimum atomic E-state index is -0.518. The zero-order valence-corrected chi connectivity index (χ0v) is 14.5. The van der Waals surface area contributed by atoms with Gasteiger partial charge in [0.15, 0.2) is 13.1 Å². The van der Waals surface area contributed by atoms with Gasteiger partial charge in [0, 0.05) is 23.4 Å². The number of carbonyl (C=O) groups excluding carboxylic acids is 2. The van der Waals surface area contributed by atoms with Gasteiger partial charge >= 0.3 is 0 Å². The number of amides is 2. The van der Waals surface area contributed by atoms with Crippen molar-refractivity contribution in [2.24, 2.45) is 0 Å². The summed E-state index contributed by atoms with van der Waals surface area (Å²) in [5.74, 6) is -0.418. The molecule has 0 aromatic heterocycles. The van der Waals surface area contributed by atoms with E-state index in [9.17, 15) is 19.7 Å². The number of anilines is 1. The summed E-state index contributed by atoms with van der Waals surface area (Å²) in [5, 5.41) is 16.2. The van der Waals surface area contributed by atoms with Crippen LogP contribution in [-0.2, 0) is 9.59 Å². The Bertz CT molecular complexity index is 610. The van der Waals surface area contributed by atoms with Crippen molar-refractivity contribution in [3.63, 3.8) is 0 Å². The van der Waals surface area contributed by atoms with Crippen LogP contribution in [0.4, 0.5) is 11.4 Å². The maximum atomic E-state index is 12.1. The van der Waals surface area contributed by atoms with E-state index in [-0.39, 0.29) is 36.1 Å². The second kappa shape index (κ2) is 8.39. The van der Waals surface area contributed by atoms with Gasteiger partial charge in [-0.15, -0.1) is 0 Å². The number of hydrogen-bond donors (Lipinski definition) is 3. The minimum Gasteiger partial charge on any atom is -0.347 e. The first-order valence-electron chi connectivity index (χ1n) is 7.79. The molecular formula is C16H25N4O4+. The van der Waals surface area contributed by atoms with E-state index < -0.39 is 4.92 Å². The molecule has 0 saturated carbocycles. The summed E-state index contributed by atoms with van der Waals surface area (Å²) in [5.41, 5.74) is -0.0397. The van der Waals surface area contributed by atoms with Crippen molar-refractivity contribution < 1.29 is 19.4 Å². The highest BCUT2D eigenvalue weighted by atomic mass is 16.6. The van der Waals surface area contributed by atoms with E-state index in [1.165, 1.54) is 18.2 Å². The maximum absolute atomic E-state index is 12.1. The first-order valence-corrected chi connectivity index (χ1v) is 7.79. The number of nitrogens with one attached hydrogen (secondary N) is 3. The standard InChI is InChI=1S/C16H24N4O4/c1-5-19(11-15(22)18-16(2,3)4)10-14(21)17-12-7-6-8-13(9-12)20(23)24/h6-9H,5,10-11H2,1-4H3,(H,17,21)(H,18,22)/p+1. The number of hydrogen-bond acceptors (Lipinski definition) is 4. The van der Waals surface area contributed by atoms with Crippen molar-refractivity contribution in [3.8, 4) is 0 Å².